The van der Waals surface area contributed by atoms with Crippen molar-refractivity contribution in [2.45, 2.75) is 0 Å². The van der Waals surface area contributed by atoms with E-state index in [4.69, 9.17) is 10.8 Å². The number of hydrogen-bond acceptors (Lipinski definition) is 5. The standard InChI is InChI=1S/C7H11BrN4O/c1-12(2-3-13)7-5(8)6(9)10-4-11-7/h4,13H,2-3H2,1H3,(H2,9,10,11). The van der Waals surface area contributed by atoms with E-state index in [1.165, 1.54) is 6.33 Å². The smallest absolute Gasteiger partial charge is 0.148 e. The molecular formula is C7H11BrN4O. The molecule has 0 saturated carbocycles. The van der Waals surface area contributed by atoms with Gasteiger partial charge in [0.25, 0.3) is 0 Å². The minimum atomic E-state index is 0.0762. The molecule has 0 aliphatic rings. The summed E-state index contributed by atoms with van der Waals surface area (Å²) in [5.74, 6) is 1.08. The molecule has 0 aliphatic carbocycles. The van der Waals surface area contributed by atoms with Crippen molar-refractivity contribution in [2.24, 2.45) is 0 Å². The van der Waals surface area contributed by atoms with Crippen LogP contribution in [0.1, 0.15) is 0 Å². The van der Waals surface area contributed by atoms with Crippen LogP contribution in [0.2, 0.25) is 0 Å². The highest BCUT2D eigenvalue weighted by molar-refractivity contribution is 9.10. The highest BCUT2D eigenvalue weighted by Crippen LogP contribution is 2.26. The van der Waals surface area contributed by atoms with Crippen LogP contribution in [0.4, 0.5) is 11.6 Å². The van der Waals surface area contributed by atoms with E-state index in [0.29, 0.717) is 22.7 Å². The summed E-state index contributed by atoms with van der Waals surface area (Å²) < 4.78 is 0.658. The molecule has 5 nitrogen and oxygen atoms in total. The number of aromatic nitrogens is 2. The largest absolute Gasteiger partial charge is 0.395 e. The lowest BCUT2D eigenvalue weighted by Gasteiger charge is -2.17. The van der Waals surface area contributed by atoms with E-state index in [1.807, 2.05) is 7.05 Å². The number of nitrogens with two attached hydrogens (primary N) is 1. The number of aliphatic hydroxyl groups excluding tert-OH is 1. The molecule has 0 amide bonds. The van der Waals surface area contributed by atoms with Gasteiger partial charge in [0.05, 0.1) is 6.61 Å². The second-order valence-electron chi connectivity index (χ2n) is 2.54. The van der Waals surface area contributed by atoms with Crippen LogP contribution in [0.15, 0.2) is 10.8 Å². The molecule has 1 heterocycles. The molecule has 6 heteroatoms. The first kappa shape index (κ1) is 10.2. The van der Waals surface area contributed by atoms with Crippen molar-refractivity contribution < 1.29 is 5.11 Å². The summed E-state index contributed by atoms with van der Waals surface area (Å²) in [4.78, 5) is 9.64. The van der Waals surface area contributed by atoms with E-state index in [0.717, 1.165) is 0 Å². The van der Waals surface area contributed by atoms with Gasteiger partial charge in [0, 0.05) is 13.6 Å². The molecule has 1 aromatic heterocycles. The molecule has 13 heavy (non-hydrogen) atoms. The fraction of sp³-hybridized carbons (Fsp3) is 0.429. The number of rotatable bonds is 3. The minimum absolute atomic E-state index is 0.0762. The molecule has 0 spiro atoms. The van der Waals surface area contributed by atoms with Gasteiger partial charge in [-0.15, -0.1) is 0 Å². The van der Waals surface area contributed by atoms with Gasteiger partial charge in [-0.2, -0.15) is 0 Å². The summed E-state index contributed by atoms with van der Waals surface area (Å²) in [6.07, 6.45) is 1.39. The van der Waals surface area contributed by atoms with E-state index in [-0.39, 0.29) is 6.61 Å². The zero-order valence-corrected chi connectivity index (χ0v) is 8.82. The summed E-state index contributed by atoms with van der Waals surface area (Å²) >= 11 is 3.28. The van der Waals surface area contributed by atoms with Gasteiger partial charge in [0.15, 0.2) is 0 Å². The Bertz CT molecular complexity index is 294. The zero-order chi connectivity index (χ0) is 9.84. The summed E-state index contributed by atoms with van der Waals surface area (Å²) in [6.45, 7) is 0.585. The third-order valence-corrected chi connectivity index (χ3v) is 2.36. The molecule has 0 radical (unpaired) electrons. The molecule has 0 unspecified atom stereocenters. The van der Waals surface area contributed by atoms with Crippen LogP contribution in [0.25, 0.3) is 0 Å². The molecule has 72 valence electrons. The molecule has 1 aromatic rings. The Balaban J connectivity index is 2.93. The number of anilines is 2. The highest BCUT2D eigenvalue weighted by Gasteiger charge is 2.09. The second kappa shape index (κ2) is 4.38. The minimum Gasteiger partial charge on any atom is -0.395 e. The Morgan fingerprint density at radius 2 is 2.31 bits per heavy atom. The molecule has 0 aliphatic heterocycles. The Kier molecular flexibility index (Phi) is 3.44. The number of aliphatic hydroxyl groups is 1. The molecule has 0 fully saturated rings. The Morgan fingerprint density at radius 1 is 1.62 bits per heavy atom. The normalized spacial score (nSPS) is 10.1. The first-order valence-corrected chi connectivity index (χ1v) is 4.54. The van der Waals surface area contributed by atoms with Crippen molar-refractivity contribution in [3.63, 3.8) is 0 Å². The lowest BCUT2D eigenvalue weighted by atomic mass is 10.5. The fourth-order valence-electron chi connectivity index (χ4n) is 0.896. The van der Waals surface area contributed by atoms with Crippen molar-refractivity contribution in [3.05, 3.63) is 10.8 Å². The maximum absolute atomic E-state index is 8.73. The maximum atomic E-state index is 8.73. The summed E-state index contributed by atoms with van der Waals surface area (Å²) in [6, 6.07) is 0. The first-order valence-electron chi connectivity index (χ1n) is 3.74. The lowest BCUT2D eigenvalue weighted by Crippen LogP contribution is -2.23. The summed E-state index contributed by atoms with van der Waals surface area (Å²) in [7, 11) is 1.82. The quantitative estimate of drug-likeness (QED) is 0.800. The Labute approximate surface area is 84.7 Å². The third kappa shape index (κ3) is 2.28. The molecule has 0 atom stereocenters. The monoisotopic (exact) mass is 246 g/mol. The number of nitrogen functional groups attached to an aromatic ring is 1. The van der Waals surface area contributed by atoms with Crippen molar-refractivity contribution >= 4 is 27.6 Å². The molecule has 0 bridgehead atoms. The maximum Gasteiger partial charge on any atom is 0.148 e. The van der Waals surface area contributed by atoms with Crippen molar-refractivity contribution in [3.8, 4) is 0 Å². The third-order valence-electron chi connectivity index (χ3n) is 1.60. The average Bonchev–Trinajstić information content (AvgIpc) is 2.10. The zero-order valence-electron chi connectivity index (χ0n) is 7.24. The number of halogens is 1. The SMILES string of the molecule is CN(CCO)c1ncnc(N)c1Br. The number of hydrogen-bond donors (Lipinski definition) is 2. The van der Waals surface area contributed by atoms with Gasteiger partial charge in [-0.25, -0.2) is 9.97 Å². The molecular weight excluding hydrogens is 236 g/mol. The Hall–Kier alpha value is -0.880. The van der Waals surface area contributed by atoms with Crippen molar-refractivity contribution in [1.82, 2.24) is 9.97 Å². The predicted octanol–water partition coefficient (Wildman–Crippen LogP) is 0.250. The molecule has 1 rings (SSSR count). The Morgan fingerprint density at radius 3 is 2.92 bits per heavy atom. The summed E-state index contributed by atoms with van der Waals surface area (Å²) in [5.41, 5.74) is 5.57. The van der Waals surface area contributed by atoms with Crippen molar-refractivity contribution in [2.75, 3.05) is 30.8 Å². The van der Waals surface area contributed by atoms with Crippen LogP contribution in [-0.2, 0) is 0 Å². The van der Waals surface area contributed by atoms with E-state index in [2.05, 4.69) is 25.9 Å². The molecule has 3 N–H and O–H groups in total. The van der Waals surface area contributed by atoms with Gasteiger partial charge in [-0.05, 0) is 15.9 Å². The van der Waals surface area contributed by atoms with Gasteiger partial charge < -0.3 is 15.7 Å². The van der Waals surface area contributed by atoms with Crippen LogP contribution < -0.4 is 10.6 Å². The van der Waals surface area contributed by atoms with Crippen LogP contribution >= 0.6 is 15.9 Å². The van der Waals surface area contributed by atoms with Gasteiger partial charge >= 0.3 is 0 Å². The number of nitrogens with zero attached hydrogens (tertiary/aromatic N) is 3. The number of likely N-dealkylation sites (N-methyl/N-ethyl adjacent to an activating group) is 1. The van der Waals surface area contributed by atoms with E-state index in [1.54, 1.807) is 4.90 Å². The van der Waals surface area contributed by atoms with Crippen LogP contribution in [0, 0.1) is 0 Å². The molecule has 0 saturated heterocycles. The van der Waals surface area contributed by atoms with E-state index in [9.17, 15) is 0 Å². The predicted molar refractivity (Wildman–Crippen MR) is 54.5 cm³/mol. The van der Waals surface area contributed by atoms with Gasteiger partial charge in [-0.3, -0.25) is 0 Å². The fourth-order valence-corrected chi connectivity index (χ4v) is 1.40. The van der Waals surface area contributed by atoms with E-state index >= 15 is 0 Å². The van der Waals surface area contributed by atoms with Gasteiger partial charge in [-0.1, -0.05) is 0 Å². The lowest BCUT2D eigenvalue weighted by molar-refractivity contribution is 0.304. The first-order chi connectivity index (χ1) is 6.16. The molecule has 0 aromatic carbocycles. The van der Waals surface area contributed by atoms with Crippen LogP contribution in [0.5, 0.6) is 0 Å². The van der Waals surface area contributed by atoms with Crippen LogP contribution in [0.3, 0.4) is 0 Å². The van der Waals surface area contributed by atoms with Crippen LogP contribution in [-0.4, -0.2) is 35.3 Å². The topological polar surface area (TPSA) is 75.3 Å². The van der Waals surface area contributed by atoms with E-state index < -0.39 is 0 Å². The van der Waals surface area contributed by atoms with Gasteiger partial charge in [0.2, 0.25) is 0 Å². The van der Waals surface area contributed by atoms with Gasteiger partial charge in [0.1, 0.15) is 22.4 Å². The summed E-state index contributed by atoms with van der Waals surface area (Å²) in [5, 5.41) is 8.73. The van der Waals surface area contributed by atoms with Crippen molar-refractivity contribution in [1.29, 1.82) is 0 Å². The highest BCUT2D eigenvalue weighted by atomic mass is 79.9. The average molecular weight is 247 g/mol. The second-order valence-corrected chi connectivity index (χ2v) is 3.33.